The average molecular weight is 451 g/mol. The topological polar surface area (TPSA) is 98.0 Å². The third kappa shape index (κ3) is 4.80. The van der Waals surface area contributed by atoms with Gasteiger partial charge in [-0.1, -0.05) is 11.6 Å². The Morgan fingerprint density at radius 2 is 1.93 bits per heavy atom. The van der Waals surface area contributed by atoms with Gasteiger partial charge in [-0.15, -0.1) is 0 Å². The van der Waals surface area contributed by atoms with Gasteiger partial charge in [0.2, 0.25) is 0 Å². The molecule has 0 bridgehead atoms. The molecule has 3 aromatic heterocycles. The number of rotatable bonds is 5. The second-order valence-corrected chi connectivity index (χ2v) is 10.2. The lowest BCUT2D eigenvalue weighted by molar-refractivity contribution is 0.345. The highest BCUT2D eigenvalue weighted by molar-refractivity contribution is 7.99. The molecule has 29 heavy (non-hydrogen) atoms. The van der Waals surface area contributed by atoms with E-state index in [0.717, 1.165) is 37.2 Å². The molecule has 0 amide bonds. The number of pyridine rings is 2. The molecule has 1 aliphatic rings. The minimum atomic E-state index is -3.37. The van der Waals surface area contributed by atoms with E-state index in [9.17, 15) is 8.42 Å². The Bertz CT molecular complexity index is 1090. The smallest absolute Gasteiger partial charge is 0.199 e. The van der Waals surface area contributed by atoms with E-state index in [1.165, 1.54) is 24.0 Å². The first-order valence-corrected chi connectivity index (χ1v) is 12.2. The lowest BCUT2D eigenvalue weighted by Crippen LogP contribution is -2.26. The summed E-state index contributed by atoms with van der Waals surface area (Å²) in [6, 6.07) is 6.77. The highest BCUT2D eigenvalue weighted by Gasteiger charge is 2.25. The Morgan fingerprint density at radius 3 is 2.55 bits per heavy atom. The highest BCUT2D eigenvalue weighted by atomic mass is 35.5. The number of nitrogens with zero attached hydrogens (tertiary/aromatic N) is 3. The molecule has 0 aromatic carbocycles. The minimum Gasteiger partial charge on any atom is -0.433 e. The summed E-state index contributed by atoms with van der Waals surface area (Å²) in [7, 11) is -3.37. The first-order chi connectivity index (χ1) is 13.9. The van der Waals surface area contributed by atoms with Crippen LogP contribution in [0.3, 0.4) is 0 Å². The Balaban J connectivity index is 1.71. The fraction of sp³-hybridized carbons (Fsp3) is 0.316. The van der Waals surface area contributed by atoms with E-state index in [0.29, 0.717) is 27.3 Å². The minimum absolute atomic E-state index is 0.0249. The highest BCUT2D eigenvalue weighted by Crippen LogP contribution is 2.39. The quantitative estimate of drug-likeness (QED) is 0.626. The molecule has 152 valence electrons. The molecule has 1 aliphatic heterocycles. The van der Waals surface area contributed by atoms with Crippen LogP contribution < -0.4 is 5.32 Å². The van der Waals surface area contributed by atoms with Crippen molar-refractivity contribution < 1.29 is 12.8 Å². The van der Waals surface area contributed by atoms with Crippen molar-refractivity contribution in [2.24, 2.45) is 0 Å². The van der Waals surface area contributed by atoms with E-state index < -0.39 is 9.84 Å². The molecule has 7 nitrogen and oxygen atoms in total. The van der Waals surface area contributed by atoms with Gasteiger partial charge in [0.05, 0.1) is 5.02 Å². The van der Waals surface area contributed by atoms with Crippen molar-refractivity contribution in [3.8, 4) is 11.3 Å². The molecule has 4 rings (SSSR count). The van der Waals surface area contributed by atoms with Gasteiger partial charge in [0.15, 0.2) is 25.8 Å². The summed E-state index contributed by atoms with van der Waals surface area (Å²) in [6.07, 6.45) is 6.13. The van der Waals surface area contributed by atoms with Crippen LogP contribution in [0, 0.1) is 0 Å². The van der Waals surface area contributed by atoms with Crippen molar-refractivity contribution in [1.82, 2.24) is 20.3 Å². The Labute approximate surface area is 178 Å². The maximum absolute atomic E-state index is 11.7. The normalized spacial score (nSPS) is 15.5. The van der Waals surface area contributed by atoms with Crippen molar-refractivity contribution >= 4 is 33.2 Å². The molecule has 1 fully saturated rings. The summed E-state index contributed by atoms with van der Waals surface area (Å²) >= 11 is 7.28. The van der Waals surface area contributed by atoms with Crippen molar-refractivity contribution in [2.45, 2.75) is 33.9 Å². The number of nitrogens with one attached hydrogen (secondary N) is 1. The van der Waals surface area contributed by atoms with Crippen molar-refractivity contribution in [3.63, 3.8) is 0 Å². The third-order valence-corrected chi connectivity index (χ3v) is 6.73. The van der Waals surface area contributed by atoms with Crippen LogP contribution in [0.5, 0.6) is 0 Å². The monoisotopic (exact) mass is 450 g/mol. The number of oxazole rings is 1. The average Bonchev–Trinajstić information content (AvgIpc) is 3.14. The molecule has 0 atom stereocenters. The summed E-state index contributed by atoms with van der Waals surface area (Å²) in [6.45, 7) is 1.85. The zero-order valence-electron chi connectivity index (χ0n) is 15.6. The first kappa shape index (κ1) is 20.3. The maximum atomic E-state index is 11.7. The van der Waals surface area contributed by atoms with Crippen LogP contribution in [0.25, 0.3) is 11.3 Å². The molecule has 0 radical (unpaired) electrons. The van der Waals surface area contributed by atoms with Crippen LogP contribution in [0.15, 0.2) is 56.2 Å². The molecule has 0 saturated carbocycles. The van der Waals surface area contributed by atoms with E-state index in [2.05, 4.69) is 15.3 Å². The Hall–Kier alpha value is -1.94. The van der Waals surface area contributed by atoms with E-state index in [4.69, 9.17) is 21.0 Å². The standard InChI is InChI=1S/C19H19ClN4O3S2/c1-29(25,26)16-5-2-13(10-23-16)17-19(28-15-4-3-14(20)11-22-15)27-18(24-17)12-6-8-21-9-7-12/h2-5,10-12,21H,6-9H2,1H3. The number of piperidine rings is 1. The molecule has 3 aromatic rings. The summed E-state index contributed by atoms with van der Waals surface area (Å²) in [5.74, 6) is 0.927. The van der Waals surface area contributed by atoms with Crippen molar-refractivity contribution in [2.75, 3.05) is 19.3 Å². The third-order valence-electron chi connectivity index (χ3n) is 4.59. The van der Waals surface area contributed by atoms with Gasteiger partial charge in [-0.2, -0.15) is 0 Å². The summed E-state index contributed by atoms with van der Waals surface area (Å²) in [4.78, 5) is 13.2. The van der Waals surface area contributed by atoms with Crippen LogP contribution in [0.4, 0.5) is 0 Å². The molecule has 10 heteroatoms. The van der Waals surface area contributed by atoms with Gasteiger partial charge in [-0.05, 0) is 62.0 Å². The van der Waals surface area contributed by atoms with Gasteiger partial charge >= 0.3 is 0 Å². The SMILES string of the molecule is CS(=O)(=O)c1ccc(-c2nc(C3CCNCC3)oc2Sc2ccc(Cl)cn2)cn1. The van der Waals surface area contributed by atoms with Crippen LogP contribution >= 0.6 is 23.4 Å². The van der Waals surface area contributed by atoms with Crippen LogP contribution in [-0.2, 0) is 9.84 Å². The predicted octanol–water partition coefficient (Wildman–Crippen LogP) is 3.81. The molecule has 0 unspecified atom stereocenters. The van der Waals surface area contributed by atoms with Crippen molar-refractivity contribution in [3.05, 3.63) is 47.6 Å². The van der Waals surface area contributed by atoms with E-state index in [-0.39, 0.29) is 10.9 Å². The summed E-state index contributed by atoms with van der Waals surface area (Å²) in [5.41, 5.74) is 1.32. The second-order valence-electron chi connectivity index (χ2n) is 6.79. The number of hydrogen-bond acceptors (Lipinski definition) is 8. The molecule has 1 N–H and O–H groups in total. The lowest BCUT2D eigenvalue weighted by atomic mass is 9.98. The zero-order valence-corrected chi connectivity index (χ0v) is 18.0. The number of sulfone groups is 1. The summed E-state index contributed by atoms with van der Waals surface area (Å²) in [5, 5.41) is 5.25. The van der Waals surface area contributed by atoms with Crippen LogP contribution in [-0.4, -0.2) is 42.7 Å². The predicted molar refractivity (Wildman–Crippen MR) is 111 cm³/mol. The zero-order chi connectivity index (χ0) is 20.4. The fourth-order valence-electron chi connectivity index (χ4n) is 3.07. The van der Waals surface area contributed by atoms with Gasteiger partial charge in [0.25, 0.3) is 0 Å². The van der Waals surface area contributed by atoms with Gasteiger partial charge in [0.1, 0.15) is 10.7 Å². The first-order valence-electron chi connectivity index (χ1n) is 9.07. The number of aromatic nitrogens is 3. The molecule has 0 spiro atoms. The molecule has 1 saturated heterocycles. The Morgan fingerprint density at radius 1 is 1.14 bits per heavy atom. The second kappa shape index (κ2) is 8.43. The fourth-order valence-corrected chi connectivity index (χ4v) is 4.56. The van der Waals surface area contributed by atoms with Crippen molar-refractivity contribution in [1.29, 1.82) is 0 Å². The van der Waals surface area contributed by atoms with Crippen LogP contribution in [0.2, 0.25) is 5.02 Å². The largest absolute Gasteiger partial charge is 0.433 e. The number of hydrogen-bond donors (Lipinski definition) is 1. The van der Waals surface area contributed by atoms with E-state index >= 15 is 0 Å². The maximum Gasteiger partial charge on any atom is 0.199 e. The lowest BCUT2D eigenvalue weighted by Gasteiger charge is -2.19. The molecule has 4 heterocycles. The van der Waals surface area contributed by atoms with Gasteiger partial charge in [-0.3, -0.25) is 0 Å². The molecular weight excluding hydrogens is 432 g/mol. The Kier molecular flexibility index (Phi) is 5.91. The molecule has 0 aliphatic carbocycles. The van der Waals surface area contributed by atoms with Gasteiger partial charge in [0, 0.05) is 30.1 Å². The number of halogens is 1. The van der Waals surface area contributed by atoms with E-state index in [1.54, 1.807) is 18.3 Å². The van der Waals surface area contributed by atoms with E-state index in [1.807, 2.05) is 6.07 Å². The molecular formula is C19H19ClN4O3S2. The van der Waals surface area contributed by atoms with Crippen LogP contribution in [0.1, 0.15) is 24.7 Å². The van der Waals surface area contributed by atoms with Gasteiger partial charge in [-0.25, -0.2) is 23.4 Å². The summed E-state index contributed by atoms with van der Waals surface area (Å²) < 4.78 is 29.5. The van der Waals surface area contributed by atoms with Gasteiger partial charge < -0.3 is 9.73 Å².